The van der Waals surface area contributed by atoms with E-state index in [1.807, 2.05) is 0 Å². The van der Waals surface area contributed by atoms with Gasteiger partial charge in [-0.15, -0.1) is 0 Å². The first-order valence-corrected chi connectivity index (χ1v) is 16.2. The lowest BCUT2D eigenvalue weighted by molar-refractivity contribution is 0.0528. The highest BCUT2D eigenvalue weighted by atomic mass is 19.1. The third-order valence-corrected chi connectivity index (χ3v) is 8.39. The summed E-state index contributed by atoms with van der Waals surface area (Å²) >= 11 is 0. The lowest BCUT2D eigenvalue weighted by atomic mass is 10.1. The van der Waals surface area contributed by atoms with Crippen LogP contribution in [0, 0.1) is 23.5 Å². The smallest absolute Gasteiger partial charge is 0.341 e. The van der Waals surface area contributed by atoms with E-state index < -0.39 is 17.8 Å². The molecule has 2 fully saturated rings. The molecular weight excluding hydrogens is 650 g/mol. The van der Waals surface area contributed by atoms with Crippen LogP contribution in [0.5, 0.6) is 11.5 Å². The molecule has 12 nitrogen and oxygen atoms in total. The van der Waals surface area contributed by atoms with Gasteiger partial charge in [-0.05, 0) is 68.7 Å². The van der Waals surface area contributed by atoms with Crippen molar-refractivity contribution in [3.63, 3.8) is 0 Å². The number of aromatic carboxylic acids is 1. The SMILES string of the molecule is CCOC(=O)c1c[nH]c2c(-c3ccc(F)cc3OCC3CC3)ncnc12.O=C(O)c1c[nH]c2c(-c3ccc(F)cc3OCC3CC3)ncnc12. The molecule has 50 heavy (non-hydrogen) atoms. The highest BCUT2D eigenvalue weighted by molar-refractivity contribution is 6.06. The lowest BCUT2D eigenvalue weighted by Crippen LogP contribution is -2.04. The second kappa shape index (κ2) is 13.9. The number of carboxylic acid groups (broad SMARTS) is 1. The van der Waals surface area contributed by atoms with E-state index in [1.165, 1.54) is 43.1 Å². The molecule has 0 saturated heterocycles. The molecule has 14 heteroatoms. The van der Waals surface area contributed by atoms with E-state index in [0.29, 0.717) is 86.7 Å². The van der Waals surface area contributed by atoms with Gasteiger partial charge in [-0.25, -0.2) is 38.3 Å². The van der Waals surface area contributed by atoms with Gasteiger partial charge < -0.3 is 29.3 Å². The first kappa shape index (κ1) is 32.6. The van der Waals surface area contributed by atoms with Crippen LogP contribution in [0.2, 0.25) is 0 Å². The summed E-state index contributed by atoms with van der Waals surface area (Å²) in [6.07, 6.45) is 10.1. The van der Waals surface area contributed by atoms with Crippen LogP contribution in [0.1, 0.15) is 53.3 Å². The zero-order chi connectivity index (χ0) is 34.8. The number of hydrogen-bond acceptors (Lipinski definition) is 9. The van der Waals surface area contributed by atoms with E-state index in [1.54, 1.807) is 25.3 Å². The fraction of sp³-hybridized carbons (Fsp3) is 0.278. The molecule has 8 rings (SSSR count). The number of carbonyl (C=O) groups is 2. The molecule has 0 bridgehead atoms. The van der Waals surface area contributed by atoms with Crippen molar-refractivity contribution in [3.05, 3.63) is 84.2 Å². The molecule has 2 saturated carbocycles. The number of H-pyrrole nitrogens is 2. The largest absolute Gasteiger partial charge is 0.492 e. The Hall–Kier alpha value is -5.92. The molecule has 0 spiro atoms. The van der Waals surface area contributed by atoms with E-state index in [9.17, 15) is 23.5 Å². The molecule has 256 valence electrons. The Kier molecular flexibility index (Phi) is 9.07. The van der Waals surface area contributed by atoms with Crippen LogP contribution < -0.4 is 9.47 Å². The van der Waals surface area contributed by atoms with Crippen LogP contribution in [0.4, 0.5) is 8.78 Å². The molecule has 2 aliphatic carbocycles. The Morgan fingerprint density at radius 2 is 1.24 bits per heavy atom. The van der Waals surface area contributed by atoms with Crippen LogP contribution in [-0.2, 0) is 4.74 Å². The van der Waals surface area contributed by atoms with Crippen LogP contribution in [-0.4, -0.2) is 66.8 Å². The second-order valence-electron chi connectivity index (χ2n) is 12.1. The van der Waals surface area contributed by atoms with Gasteiger partial charge in [0.1, 0.15) is 69.3 Å². The number of halogens is 2. The van der Waals surface area contributed by atoms with Crippen molar-refractivity contribution in [3.8, 4) is 34.0 Å². The van der Waals surface area contributed by atoms with Crippen molar-refractivity contribution in [2.45, 2.75) is 32.6 Å². The maximum Gasteiger partial charge on any atom is 0.341 e. The number of benzene rings is 2. The number of aromatic amines is 2. The average molecular weight is 683 g/mol. The first-order valence-electron chi connectivity index (χ1n) is 16.2. The summed E-state index contributed by atoms with van der Waals surface area (Å²) in [6, 6.07) is 8.59. The molecule has 0 amide bonds. The van der Waals surface area contributed by atoms with Crippen LogP contribution in [0.3, 0.4) is 0 Å². The van der Waals surface area contributed by atoms with Gasteiger partial charge in [-0.3, -0.25) is 0 Å². The fourth-order valence-electron chi connectivity index (χ4n) is 5.42. The summed E-state index contributed by atoms with van der Waals surface area (Å²) in [5.41, 5.74) is 4.53. The number of ether oxygens (including phenoxy) is 3. The molecule has 0 radical (unpaired) electrons. The van der Waals surface area contributed by atoms with Crippen LogP contribution in [0.25, 0.3) is 44.6 Å². The first-order chi connectivity index (χ1) is 24.3. The number of nitrogens with one attached hydrogen (secondary N) is 2. The standard InChI is InChI=1S/C19H18FN3O3.C17H14FN3O3/c1-2-25-19(24)14-8-21-18-16(22-10-23-17(14)18)13-6-5-12(20)7-15(13)26-9-11-3-4-11;18-10-3-4-11(13(5-10)24-7-9-1-2-9)14-16-15(21-8-20-14)12(6-19-16)17(22)23/h5-8,10-11,21H,2-4,9H2,1H3;3-6,8-9,19H,1-2,7H2,(H,22,23). The van der Waals surface area contributed by atoms with E-state index in [2.05, 4.69) is 29.9 Å². The van der Waals surface area contributed by atoms with Gasteiger partial charge in [0.05, 0.1) is 30.9 Å². The Morgan fingerprint density at radius 3 is 1.70 bits per heavy atom. The van der Waals surface area contributed by atoms with Crippen LogP contribution in [0.15, 0.2) is 61.4 Å². The van der Waals surface area contributed by atoms with Gasteiger partial charge in [0.25, 0.3) is 0 Å². The summed E-state index contributed by atoms with van der Waals surface area (Å²) in [4.78, 5) is 46.1. The van der Waals surface area contributed by atoms with E-state index >= 15 is 0 Å². The Balaban J connectivity index is 0.000000157. The highest BCUT2D eigenvalue weighted by Gasteiger charge is 2.25. The highest BCUT2D eigenvalue weighted by Crippen LogP contribution is 2.38. The second-order valence-corrected chi connectivity index (χ2v) is 12.1. The molecule has 2 aromatic carbocycles. The molecule has 3 N–H and O–H groups in total. The molecule has 6 aromatic rings. The summed E-state index contributed by atoms with van der Waals surface area (Å²) in [6.45, 7) is 3.12. The number of nitrogens with zero attached hydrogens (tertiary/aromatic N) is 4. The number of aromatic nitrogens is 6. The monoisotopic (exact) mass is 682 g/mol. The molecule has 4 aromatic heterocycles. The van der Waals surface area contributed by atoms with Gasteiger partial charge in [0.15, 0.2) is 0 Å². The predicted molar refractivity (Wildman–Crippen MR) is 178 cm³/mol. The average Bonchev–Trinajstić information content (AvgIpc) is 4.03. The lowest BCUT2D eigenvalue weighted by Gasteiger charge is -2.11. The topological polar surface area (TPSA) is 165 Å². The van der Waals surface area contributed by atoms with Crippen molar-refractivity contribution in [2.75, 3.05) is 19.8 Å². The van der Waals surface area contributed by atoms with Crippen molar-refractivity contribution in [1.29, 1.82) is 0 Å². The summed E-state index contributed by atoms with van der Waals surface area (Å²) in [7, 11) is 0. The maximum atomic E-state index is 13.7. The van der Waals surface area contributed by atoms with E-state index in [4.69, 9.17) is 14.2 Å². The molecule has 2 aliphatic rings. The summed E-state index contributed by atoms with van der Waals surface area (Å²) < 4.78 is 44.0. The number of esters is 1. The molecule has 0 unspecified atom stereocenters. The number of hydrogen-bond donors (Lipinski definition) is 3. The minimum Gasteiger partial charge on any atom is -0.492 e. The van der Waals surface area contributed by atoms with Crippen LogP contribution >= 0.6 is 0 Å². The van der Waals surface area contributed by atoms with Crippen molar-refractivity contribution >= 4 is 34.0 Å². The molecular formula is C36H32F2N6O6. The zero-order valence-corrected chi connectivity index (χ0v) is 26.9. The Bertz CT molecular complexity index is 2210. The van der Waals surface area contributed by atoms with Gasteiger partial charge in [0, 0.05) is 35.7 Å². The number of fused-ring (bicyclic) bond motifs is 2. The van der Waals surface area contributed by atoms with Gasteiger partial charge >= 0.3 is 11.9 Å². The van der Waals surface area contributed by atoms with Gasteiger partial charge in [-0.2, -0.15) is 0 Å². The van der Waals surface area contributed by atoms with Crippen molar-refractivity contribution in [2.24, 2.45) is 11.8 Å². The third-order valence-electron chi connectivity index (χ3n) is 8.39. The number of carbonyl (C=O) groups excluding carboxylic acids is 1. The molecule has 0 atom stereocenters. The van der Waals surface area contributed by atoms with Crippen molar-refractivity contribution in [1.82, 2.24) is 29.9 Å². The Morgan fingerprint density at radius 1 is 0.760 bits per heavy atom. The van der Waals surface area contributed by atoms with Gasteiger partial charge in [0.2, 0.25) is 0 Å². The zero-order valence-electron chi connectivity index (χ0n) is 26.9. The minimum atomic E-state index is -1.07. The summed E-state index contributed by atoms with van der Waals surface area (Å²) in [5.74, 6) is -0.398. The minimum absolute atomic E-state index is 0.0659. The van der Waals surface area contributed by atoms with Crippen molar-refractivity contribution < 1.29 is 37.7 Å². The normalized spacial score (nSPS) is 13.9. The third kappa shape index (κ3) is 6.95. The summed E-state index contributed by atoms with van der Waals surface area (Å²) in [5, 5.41) is 9.22. The molecule has 4 heterocycles. The van der Waals surface area contributed by atoms with E-state index in [0.717, 1.165) is 25.7 Å². The molecule has 0 aliphatic heterocycles. The maximum absolute atomic E-state index is 13.7. The fourth-order valence-corrected chi connectivity index (χ4v) is 5.42. The van der Waals surface area contributed by atoms with E-state index in [-0.39, 0.29) is 18.0 Å². The Labute approximate surface area is 283 Å². The quantitative estimate of drug-likeness (QED) is 0.121. The number of carboxylic acids is 1. The predicted octanol–water partition coefficient (Wildman–Crippen LogP) is 6.98. The van der Waals surface area contributed by atoms with Gasteiger partial charge in [-0.1, -0.05) is 0 Å². The number of rotatable bonds is 11.